The molecule has 63 heavy (non-hydrogen) atoms. The van der Waals surface area contributed by atoms with Crippen LogP contribution in [0.25, 0.3) is 66.1 Å². The van der Waals surface area contributed by atoms with Gasteiger partial charge in [-0.3, -0.25) is 19.7 Å². The normalized spacial score (nSPS) is 12.0. The second-order valence-electron chi connectivity index (χ2n) is 15.5. The minimum atomic E-state index is -1.14. The van der Waals surface area contributed by atoms with E-state index in [1.807, 2.05) is 60.3 Å². The fraction of sp³-hybridized carbons (Fsp3) is 0.137. The van der Waals surface area contributed by atoms with Crippen LogP contribution in [0.3, 0.4) is 0 Å². The zero-order valence-electron chi connectivity index (χ0n) is 35.1. The molecule has 0 amide bonds. The highest BCUT2D eigenvalue weighted by Gasteiger charge is 2.26. The molecule has 6 aromatic carbocycles. The van der Waals surface area contributed by atoms with Crippen molar-refractivity contribution in [2.45, 2.75) is 24.9 Å². The number of nitro groups is 1. The second kappa shape index (κ2) is 18.9. The van der Waals surface area contributed by atoms with Crippen LogP contribution in [-0.2, 0) is 43.6 Å². The van der Waals surface area contributed by atoms with E-state index in [2.05, 4.69) is 96.7 Å². The van der Waals surface area contributed by atoms with Crippen molar-refractivity contribution in [3.05, 3.63) is 185 Å². The number of nitrogens with two attached hydrogens (primary N) is 2. The number of nitro benzene ring substituents is 1. The van der Waals surface area contributed by atoms with Crippen LogP contribution in [0.15, 0.2) is 164 Å². The van der Waals surface area contributed by atoms with Crippen LogP contribution in [0.4, 0.5) is 5.69 Å². The number of carbonyl (C=O) groups is 2. The summed E-state index contributed by atoms with van der Waals surface area (Å²) in [5.74, 6) is -2.12. The molecule has 0 aliphatic carbocycles. The number of benzene rings is 6. The molecule has 0 saturated carbocycles. The monoisotopic (exact) mass is 840 g/mol. The lowest BCUT2D eigenvalue weighted by Crippen LogP contribution is -2.32. The highest BCUT2D eigenvalue weighted by atomic mass is 16.6. The molecule has 2 atom stereocenters. The van der Waals surface area contributed by atoms with E-state index < -0.39 is 28.9 Å². The van der Waals surface area contributed by atoms with Crippen molar-refractivity contribution in [2.24, 2.45) is 32.6 Å². The fourth-order valence-corrected chi connectivity index (χ4v) is 7.94. The maximum Gasteiger partial charge on any atom is 0.320 e. The molecule has 318 valence electrons. The number of aryl methyl sites for hydroxylation is 3. The number of aromatic nitrogens is 3. The Hall–Kier alpha value is -7.80. The highest BCUT2D eigenvalue weighted by Crippen LogP contribution is 2.39. The van der Waals surface area contributed by atoms with E-state index in [0.717, 1.165) is 33.2 Å². The smallest absolute Gasteiger partial charge is 0.320 e. The standard InChI is InChI=1S/C18H17N3O4.C18H18N2O2.C15H13N/c1-20-10-12(9-14(19)18(22)23)16-15(20)8-7-13(17(16)21(24)25)11-5-3-2-4-6-11;1-20-11-14(10-16(19)18(21)22)15-9-13(7-8-17(15)20)12-5-3-2-4-6-12;1-16-10-9-14-11-13(7-8-15(14)16)12-5-3-2-4-6-12/h2-8,10,14H,9,19H2,1H3,(H,22,23);2-9,11,16H,10,19H2,1H3,(H,21,22);2-11H,1H3. The van der Waals surface area contributed by atoms with Gasteiger partial charge in [0.2, 0.25) is 0 Å². The molecule has 9 aromatic rings. The van der Waals surface area contributed by atoms with Gasteiger partial charge in [-0.2, -0.15) is 0 Å². The van der Waals surface area contributed by atoms with E-state index in [1.165, 1.54) is 22.0 Å². The quantitative estimate of drug-likeness (QED) is 0.0775. The SMILES string of the molecule is Cn1cc(CC(N)C(=O)O)c2c([N+](=O)[O-])c(-c3ccccc3)ccc21.Cn1cc(CC(N)C(=O)O)c2cc(-c3ccccc3)ccc21.Cn1ccc2cc(-c3ccccc3)ccc21. The van der Waals surface area contributed by atoms with Crippen LogP contribution < -0.4 is 11.5 Å². The minimum Gasteiger partial charge on any atom is -0.480 e. The molecular formula is C51H48N6O6. The number of carboxylic acids is 2. The molecular weight excluding hydrogens is 793 g/mol. The molecule has 12 heteroatoms. The number of hydrogen-bond acceptors (Lipinski definition) is 6. The average Bonchev–Trinajstić information content (AvgIpc) is 3.94. The molecule has 0 aliphatic rings. The first-order valence-electron chi connectivity index (χ1n) is 20.3. The van der Waals surface area contributed by atoms with Gasteiger partial charge in [-0.05, 0) is 81.4 Å². The Bertz CT molecular complexity index is 3060. The number of rotatable bonds is 10. The van der Waals surface area contributed by atoms with Gasteiger partial charge in [0.25, 0.3) is 5.69 Å². The molecule has 0 spiro atoms. The van der Waals surface area contributed by atoms with Crippen molar-refractivity contribution in [1.82, 2.24) is 13.7 Å². The van der Waals surface area contributed by atoms with E-state index >= 15 is 0 Å². The van der Waals surface area contributed by atoms with Gasteiger partial charge in [0.15, 0.2) is 0 Å². The number of hydrogen-bond donors (Lipinski definition) is 4. The summed E-state index contributed by atoms with van der Waals surface area (Å²) in [7, 11) is 5.80. The zero-order valence-corrected chi connectivity index (χ0v) is 35.1. The van der Waals surface area contributed by atoms with Crippen molar-refractivity contribution in [3.63, 3.8) is 0 Å². The van der Waals surface area contributed by atoms with Crippen LogP contribution in [-0.4, -0.2) is 52.9 Å². The van der Waals surface area contributed by atoms with Crippen molar-refractivity contribution < 1.29 is 24.7 Å². The second-order valence-corrected chi connectivity index (χ2v) is 15.5. The predicted octanol–water partition coefficient (Wildman–Crippen LogP) is 9.35. The number of nitrogens with zero attached hydrogens (tertiary/aromatic N) is 4. The number of fused-ring (bicyclic) bond motifs is 3. The summed E-state index contributed by atoms with van der Waals surface area (Å²) in [6, 6.07) is 46.2. The summed E-state index contributed by atoms with van der Waals surface area (Å²) < 4.78 is 5.90. The lowest BCUT2D eigenvalue weighted by molar-refractivity contribution is -0.382. The molecule has 0 fully saturated rings. The van der Waals surface area contributed by atoms with E-state index in [1.54, 1.807) is 42.1 Å². The van der Waals surface area contributed by atoms with Gasteiger partial charge in [0, 0.05) is 74.4 Å². The maximum atomic E-state index is 11.8. The lowest BCUT2D eigenvalue weighted by Gasteiger charge is -2.08. The first-order chi connectivity index (χ1) is 30.3. The van der Waals surface area contributed by atoms with Crippen LogP contribution in [0.1, 0.15) is 11.1 Å². The van der Waals surface area contributed by atoms with Crippen LogP contribution in [0, 0.1) is 10.1 Å². The summed E-state index contributed by atoms with van der Waals surface area (Å²) in [4.78, 5) is 33.5. The van der Waals surface area contributed by atoms with Crippen molar-refractivity contribution >= 4 is 50.3 Å². The number of carboxylic acid groups (broad SMARTS) is 2. The summed E-state index contributed by atoms with van der Waals surface area (Å²) >= 11 is 0. The molecule has 3 aromatic heterocycles. The first-order valence-corrected chi connectivity index (χ1v) is 20.3. The molecule has 6 N–H and O–H groups in total. The molecule has 3 heterocycles. The first kappa shape index (κ1) is 43.3. The Balaban J connectivity index is 0.000000145. The molecule has 0 aliphatic heterocycles. The van der Waals surface area contributed by atoms with E-state index in [-0.39, 0.29) is 12.1 Å². The summed E-state index contributed by atoms with van der Waals surface area (Å²) in [6.45, 7) is 0. The largest absolute Gasteiger partial charge is 0.480 e. The van der Waals surface area contributed by atoms with Gasteiger partial charge in [0.1, 0.15) is 12.1 Å². The third-order valence-electron chi connectivity index (χ3n) is 11.2. The molecule has 0 saturated heterocycles. The van der Waals surface area contributed by atoms with Crippen LogP contribution >= 0.6 is 0 Å². The van der Waals surface area contributed by atoms with Gasteiger partial charge in [-0.25, -0.2) is 0 Å². The van der Waals surface area contributed by atoms with E-state index in [9.17, 15) is 19.7 Å². The van der Waals surface area contributed by atoms with Gasteiger partial charge in [-0.1, -0.05) is 103 Å². The Labute approximate surface area is 364 Å². The van der Waals surface area contributed by atoms with Crippen molar-refractivity contribution in [2.75, 3.05) is 0 Å². The fourth-order valence-electron chi connectivity index (χ4n) is 7.94. The molecule has 2 unspecified atom stereocenters. The zero-order chi connectivity index (χ0) is 44.8. The summed E-state index contributed by atoms with van der Waals surface area (Å²) in [6.07, 6.45) is 6.10. The van der Waals surface area contributed by atoms with Gasteiger partial charge < -0.3 is 35.4 Å². The Kier molecular flexibility index (Phi) is 13.0. The topological polar surface area (TPSA) is 185 Å². The summed E-state index contributed by atoms with van der Waals surface area (Å²) in [5.41, 5.74) is 21.9. The van der Waals surface area contributed by atoms with Gasteiger partial charge >= 0.3 is 11.9 Å². The lowest BCUT2D eigenvalue weighted by atomic mass is 9.97. The third kappa shape index (κ3) is 9.57. The highest BCUT2D eigenvalue weighted by molar-refractivity contribution is 6.00. The van der Waals surface area contributed by atoms with Gasteiger partial charge in [0.05, 0.1) is 21.4 Å². The molecule has 0 bridgehead atoms. The minimum absolute atomic E-state index is 0.0196. The van der Waals surface area contributed by atoms with E-state index in [0.29, 0.717) is 28.5 Å². The number of aliphatic carboxylic acids is 2. The maximum absolute atomic E-state index is 11.8. The third-order valence-corrected chi connectivity index (χ3v) is 11.2. The van der Waals surface area contributed by atoms with Crippen LogP contribution in [0.5, 0.6) is 0 Å². The Morgan fingerprint density at radius 2 is 1.05 bits per heavy atom. The Morgan fingerprint density at radius 3 is 1.60 bits per heavy atom. The average molecular weight is 841 g/mol. The molecule has 12 nitrogen and oxygen atoms in total. The van der Waals surface area contributed by atoms with Gasteiger partial charge in [-0.15, -0.1) is 0 Å². The Morgan fingerprint density at radius 1 is 0.571 bits per heavy atom. The van der Waals surface area contributed by atoms with Crippen LogP contribution in [0.2, 0.25) is 0 Å². The molecule has 9 rings (SSSR count). The van der Waals surface area contributed by atoms with Crippen molar-refractivity contribution in [3.8, 4) is 33.4 Å². The molecule has 0 radical (unpaired) electrons. The predicted molar refractivity (Wildman–Crippen MR) is 250 cm³/mol. The van der Waals surface area contributed by atoms with Crippen molar-refractivity contribution in [1.29, 1.82) is 0 Å². The van der Waals surface area contributed by atoms with E-state index in [4.69, 9.17) is 21.7 Å². The summed E-state index contributed by atoms with van der Waals surface area (Å²) in [5, 5.41) is 32.7.